The molecule has 0 aromatic heterocycles. The van der Waals surface area contributed by atoms with Gasteiger partial charge in [0.25, 0.3) is 5.91 Å². The van der Waals surface area contributed by atoms with E-state index in [1.54, 1.807) is 12.1 Å². The minimum Gasteiger partial charge on any atom is -0.507 e. The average molecular weight is 209 g/mol. The number of phenolic OH excluding ortho intramolecular Hbond substituents is 1. The first-order valence-corrected chi connectivity index (χ1v) is 4.28. The van der Waals surface area contributed by atoms with E-state index in [0.717, 1.165) is 0 Å². The van der Waals surface area contributed by atoms with Gasteiger partial charge in [0.05, 0.1) is 12.7 Å². The Kier molecular flexibility index (Phi) is 3.68. The Balaban J connectivity index is 2.62. The van der Waals surface area contributed by atoms with Crippen LogP contribution in [0.2, 0.25) is 0 Å². The number of methoxy groups -OCH3 is 1. The second kappa shape index (κ2) is 4.99. The van der Waals surface area contributed by atoms with E-state index in [-0.39, 0.29) is 17.9 Å². The second-order valence-electron chi connectivity index (χ2n) is 2.78. The summed E-state index contributed by atoms with van der Waals surface area (Å²) in [6.07, 6.45) is 0. The number of aromatic hydroxyl groups is 1. The molecule has 2 N–H and O–H groups in total. The van der Waals surface area contributed by atoms with Crippen LogP contribution >= 0.6 is 0 Å². The van der Waals surface area contributed by atoms with Crippen molar-refractivity contribution in [1.29, 1.82) is 0 Å². The quantitative estimate of drug-likeness (QED) is 0.702. The van der Waals surface area contributed by atoms with E-state index in [1.807, 2.05) is 0 Å². The van der Waals surface area contributed by atoms with Crippen molar-refractivity contribution in [3.05, 3.63) is 29.8 Å². The molecule has 0 heterocycles. The molecular formula is C10H11NO4. The molecule has 0 aliphatic heterocycles. The molecule has 0 aliphatic rings. The highest BCUT2D eigenvalue weighted by Gasteiger charge is 2.10. The Morgan fingerprint density at radius 2 is 2.07 bits per heavy atom. The lowest BCUT2D eigenvalue weighted by atomic mass is 10.2. The van der Waals surface area contributed by atoms with Crippen molar-refractivity contribution >= 4 is 11.9 Å². The van der Waals surface area contributed by atoms with Crippen molar-refractivity contribution in [3.8, 4) is 5.75 Å². The standard InChI is InChI=1S/C10H11NO4/c1-15-9(13)6-11-10(14)7-4-2-3-5-8(7)12/h2-5,12H,6H2,1H3,(H,11,14). The highest BCUT2D eigenvalue weighted by molar-refractivity contribution is 5.98. The molecule has 5 heteroatoms. The Labute approximate surface area is 86.7 Å². The largest absolute Gasteiger partial charge is 0.507 e. The van der Waals surface area contributed by atoms with Gasteiger partial charge in [-0.05, 0) is 12.1 Å². The molecular weight excluding hydrogens is 198 g/mol. The van der Waals surface area contributed by atoms with Crippen molar-refractivity contribution in [3.63, 3.8) is 0 Å². The molecule has 5 nitrogen and oxygen atoms in total. The molecule has 0 spiro atoms. The number of benzene rings is 1. The number of nitrogens with one attached hydrogen (secondary N) is 1. The zero-order valence-electron chi connectivity index (χ0n) is 8.19. The average Bonchev–Trinajstić information content (AvgIpc) is 2.26. The lowest BCUT2D eigenvalue weighted by molar-refractivity contribution is -0.139. The summed E-state index contributed by atoms with van der Waals surface area (Å²) in [5.41, 5.74) is 0.126. The molecule has 80 valence electrons. The number of ether oxygens (including phenoxy) is 1. The summed E-state index contributed by atoms with van der Waals surface area (Å²) in [5, 5.41) is 11.6. The molecule has 0 bridgehead atoms. The zero-order valence-corrected chi connectivity index (χ0v) is 8.19. The third-order valence-corrected chi connectivity index (χ3v) is 1.77. The van der Waals surface area contributed by atoms with Gasteiger partial charge in [-0.15, -0.1) is 0 Å². The Morgan fingerprint density at radius 1 is 1.40 bits per heavy atom. The number of hydrogen-bond donors (Lipinski definition) is 2. The molecule has 0 saturated heterocycles. The fourth-order valence-electron chi connectivity index (χ4n) is 0.985. The van der Waals surface area contributed by atoms with Gasteiger partial charge in [-0.3, -0.25) is 9.59 Å². The topological polar surface area (TPSA) is 75.6 Å². The third-order valence-electron chi connectivity index (χ3n) is 1.77. The van der Waals surface area contributed by atoms with Crippen LogP contribution in [-0.2, 0) is 9.53 Å². The highest BCUT2D eigenvalue weighted by atomic mass is 16.5. The van der Waals surface area contributed by atoms with Crippen LogP contribution < -0.4 is 5.32 Å². The second-order valence-corrected chi connectivity index (χ2v) is 2.78. The molecule has 1 rings (SSSR count). The number of hydrogen-bond acceptors (Lipinski definition) is 4. The third kappa shape index (κ3) is 2.98. The van der Waals surface area contributed by atoms with Crippen LogP contribution in [0.5, 0.6) is 5.75 Å². The summed E-state index contributed by atoms with van der Waals surface area (Å²) >= 11 is 0. The molecule has 0 saturated carbocycles. The van der Waals surface area contributed by atoms with E-state index in [2.05, 4.69) is 10.1 Å². The maximum atomic E-state index is 11.4. The molecule has 0 radical (unpaired) electrons. The Hall–Kier alpha value is -2.04. The van der Waals surface area contributed by atoms with E-state index in [1.165, 1.54) is 19.2 Å². The number of esters is 1. The van der Waals surface area contributed by atoms with Gasteiger partial charge in [-0.25, -0.2) is 0 Å². The number of carbonyl (C=O) groups is 2. The van der Waals surface area contributed by atoms with Crippen molar-refractivity contribution in [2.75, 3.05) is 13.7 Å². The van der Waals surface area contributed by atoms with Crippen LogP contribution in [0.1, 0.15) is 10.4 Å². The maximum Gasteiger partial charge on any atom is 0.325 e. The monoisotopic (exact) mass is 209 g/mol. The summed E-state index contributed by atoms with van der Waals surface area (Å²) in [4.78, 5) is 22.1. The predicted molar refractivity (Wildman–Crippen MR) is 52.5 cm³/mol. The van der Waals surface area contributed by atoms with E-state index in [0.29, 0.717) is 0 Å². The van der Waals surface area contributed by atoms with Crippen LogP contribution in [-0.4, -0.2) is 30.6 Å². The lowest BCUT2D eigenvalue weighted by Crippen LogP contribution is -2.30. The van der Waals surface area contributed by atoms with E-state index < -0.39 is 11.9 Å². The van der Waals surface area contributed by atoms with Gasteiger partial charge < -0.3 is 15.2 Å². The summed E-state index contributed by atoms with van der Waals surface area (Å²) in [6, 6.07) is 6.08. The first kappa shape index (κ1) is 11.0. The maximum absolute atomic E-state index is 11.4. The van der Waals surface area contributed by atoms with Crippen molar-refractivity contribution in [2.45, 2.75) is 0 Å². The summed E-state index contributed by atoms with van der Waals surface area (Å²) in [6.45, 7) is -0.219. The van der Waals surface area contributed by atoms with Crippen molar-refractivity contribution in [2.24, 2.45) is 0 Å². The fraction of sp³-hybridized carbons (Fsp3) is 0.200. The SMILES string of the molecule is COC(=O)CNC(=O)c1ccccc1O. The van der Waals surface area contributed by atoms with Gasteiger partial charge in [-0.2, -0.15) is 0 Å². The number of rotatable bonds is 3. The highest BCUT2D eigenvalue weighted by Crippen LogP contribution is 2.14. The van der Waals surface area contributed by atoms with Gasteiger partial charge in [0.2, 0.25) is 0 Å². The molecule has 0 aliphatic carbocycles. The van der Waals surface area contributed by atoms with Gasteiger partial charge in [0, 0.05) is 0 Å². The Bertz CT molecular complexity index is 375. The van der Waals surface area contributed by atoms with E-state index >= 15 is 0 Å². The molecule has 0 fully saturated rings. The first-order valence-electron chi connectivity index (χ1n) is 4.28. The molecule has 0 atom stereocenters. The summed E-state index contributed by atoms with van der Waals surface area (Å²) in [7, 11) is 1.23. The van der Waals surface area contributed by atoms with Crippen LogP contribution in [0.25, 0.3) is 0 Å². The molecule has 1 aromatic rings. The van der Waals surface area contributed by atoms with E-state index in [9.17, 15) is 14.7 Å². The van der Waals surface area contributed by atoms with Crippen molar-refractivity contribution < 1.29 is 19.4 Å². The normalized spacial score (nSPS) is 9.40. The number of phenols is 1. The van der Waals surface area contributed by atoms with Crippen LogP contribution in [0.3, 0.4) is 0 Å². The zero-order chi connectivity index (χ0) is 11.3. The predicted octanol–water partition coefficient (Wildman–Crippen LogP) is 0.295. The van der Waals surface area contributed by atoms with Gasteiger partial charge in [-0.1, -0.05) is 12.1 Å². The number of amides is 1. The summed E-state index contributed by atoms with van der Waals surface area (Å²) in [5.74, 6) is -1.18. The van der Waals surface area contributed by atoms with Crippen LogP contribution in [0.15, 0.2) is 24.3 Å². The molecule has 1 aromatic carbocycles. The molecule has 0 unspecified atom stereocenters. The smallest absolute Gasteiger partial charge is 0.325 e. The Morgan fingerprint density at radius 3 is 2.67 bits per heavy atom. The fourth-order valence-corrected chi connectivity index (χ4v) is 0.985. The molecule has 1 amide bonds. The number of carbonyl (C=O) groups excluding carboxylic acids is 2. The molecule has 15 heavy (non-hydrogen) atoms. The summed E-state index contributed by atoms with van der Waals surface area (Å²) < 4.78 is 4.35. The van der Waals surface area contributed by atoms with E-state index in [4.69, 9.17) is 0 Å². The minimum absolute atomic E-state index is 0.125. The van der Waals surface area contributed by atoms with Crippen molar-refractivity contribution in [1.82, 2.24) is 5.32 Å². The van der Waals surface area contributed by atoms with Crippen LogP contribution in [0, 0.1) is 0 Å². The lowest BCUT2D eigenvalue weighted by Gasteiger charge is -2.04. The van der Waals surface area contributed by atoms with Gasteiger partial charge in [0.1, 0.15) is 12.3 Å². The number of para-hydroxylation sites is 1. The first-order chi connectivity index (χ1) is 7.15. The van der Waals surface area contributed by atoms with Gasteiger partial charge >= 0.3 is 5.97 Å². The minimum atomic E-state index is -0.543. The van der Waals surface area contributed by atoms with Gasteiger partial charge in [0.15, 0.2) is 0 Å². The van der Waals surface area contributed by atoms with Crippen LogP contribution in [0.4, 0.5) is 0 Å².